The van der Waals surface area contributed by atoms with E-state index in [0.717, 1.165) is 6.42 Å². The van der Waals surface area contributed by atoms with E-state index in [0.29, 0.717) is 6.04 Å². The molecule has 1 N–H and O–H groups in total. The van der Waals surface area contributed by atoms with Gasteiger partial charge in [0.05, 0.1) is 6.04 Å². The number of nitrogens with one attached hydrogen (secondary N) is 1. The summed E-state index contributed by atoms with van der Waals surface area (Å²) in [5.41, 5.74) is 2.86. The highest BCUT2D eigenvalue weighted by atomic mass is 15.3. The zero-order chi connectivity index (χ0) is 5.11. The topological polar surface area (TPSA) is 24.4 Å². The Bertz CT molecular complexity index is 88.3. The van der Waals surface area contributed by atoms with Crippen LogP contribution in [0.25, 0.3) is 0 Å². The molecule has 1 aliphatic rings. The van der Waals surface area contributed by atoms with Crippen molar-refractivity contribution in [3.05, 3.63) is 12.7 Å². The third-order valence-corrected chi connectivity index (χ3v) is 0.976. The van der Waals surface area contributed by atoms with Gasteiger partial charge in [0, 0.05) is 12.6 Å². The number of hydrazone groups is 1. The number of nitrogens with zero attached hydrogens (tertiary/aromatic N) is 1. The summed E-state index contributed by atoms with van der Waals surface area (Å²) in [6, 6.07) is 0.389. The Morgan fingerprint density at radius 2 is 2.86 bits per heavy atom. The van der Waals surface area contributed by atoms with Gasteiger partial charge in [0.15, 0.2) is 0 Å². The normalized spacial score (nSPS) is 27.1. The molecule has 1 heterocycles. The molecule has 0 bridgehead atoms. The van der Waals surface area contributed by atoms with Gasteiger partial charge in [-0.1, -0.05) is 6.08 Å². The van der Waals surface area contributed by atoms with Crippen LogP contribution in [0, 0.1) is 0 Å². The summed E-state index contributed by atoms with van der Waals surface area (Å²) in [6.45, 7) is 3.60. The molecule has 1 rings (SSSR count). The molecule has 0 radical (unpaired) electrons. The van der Waals surface area contributed by atoms with Crippen LogP contribution in [-0.4, -0.2) is 12.3 Å². The van der Waals surface area contributed by atoms with Gasteiger partial charge in [-0.3, -0.25) is 0 Å². The van der Waals surface area contributed by atoms with Crippen LogP contribution in [0.15, 0.2) is 17.8 Å². The first-order chi connectivity index (χ1) is 3.43. The summed E-state index contributed by atoms with van der Waals surface area (Å²) in [5, 5.41) is 3.79. The lowest BCUT2D eigenvalue weighted by Gasteiger charge is -1.97. The molecule has 0 aromatic rings. The maximum absolute atomic E-state index is 3.79. The second-order valence-corrected chi connectivity index (χ2v) is 1.52. The predicted octanol–water partition coefficient (Wildman–Crippen LogP) is 0.520. The van der Waals surface area contributed by atoms with Crippen LogP contribution in [0.4, 0.5) is 0 Å². The predicted molar refractivity (Wildman–Crippen MR) is 30.2 cm³/mol. The minimum Gasteiger partial charge on any atom is -0.303 e. The number of hydrogen-bond acceptors (Lipinski definition) is 2. The van der Waals surface area contributed by atoms with Crippen LogP contribution in [-0.2, 0) is 0 Å². The average molecular weight is 96.1 g/mol. The number of rotatable bonds is 1. The van der Waals surface area contributed by atoms with E-state index in [4.69, 9.17) is 0 Å². The van der Waals surface area contributed by atoms with Crippen LogP contribution >= 0.6 is 0 Å². The SMILES string of the molecule is C=CC1CC=NN1. The molecule has 0 aromatic carbocycles. The molecule has 2 heteroatoms. The Balaban J connectivity index is 2.35. The van der Waals surface area contributed by atoms with Crippen molar-refractivity contribution in [1.29, 1.82) is 0 Å². The highest BCUT2D eigenvalue weighted by Crippen LogP contribution is 1.94. The molecular formula is C5H8N2. The molecule has 0 fully saturated rings. The van der Waals surface area contributed by atoms with Gasteiger partial charge < -0.3 is 5.43 Å². The minimum atomic E-state index is 0.389. The zero-order valence-electron chi connectivity index (χ0n) is 4.09. The first kappa shape index (κ1) is 4.37. The fourth-order valence-electron chi connectivity index (χ4n) is 0.516. The smallest absolute Gasteiger partial charge is 0.0667 e. The van der Waals surface area contributed by atoms with Crippen LogP contribution in [0.3, 0.4) is 0 Å². The molecule has 0 amide bonds. The van der Waals surface area contributed by atoms with Crippen LogP contribution in [0.2, 0.25) is 0 Å². The van der Waals surface area contributed by atoms with Crippen LogP contribution < -0.4 is 5.43 Å². The van der Waals surface area contributed by atoms with E-state index in [2.05, 4.69) is 17.1 Å². The molecule has 0 spiro atoms. The third-order valence-electron chi connectivity index (χ3n) is 0.976. The van der Waals surface area contributed by atoms with E-state index >= 15 is 0 Å². The first-order valence-corrected chi connectivity index (χ1v) is 2.33. The maximum Gasteiger partial charge on any atom is 0.0667 e. The fraction of sp³-hybridized carbons (Fsp3) is 0.400. The molecule has 0 saturated carbocycles. The second kappa shape index (κ2) is 1.78. The summed E-state index contributed by atoms with van der Waals surface area (Å²) < 4.78 is 0. The molecule has 0 aromatic heterocycles. The van der Waals surface area contributed by atoms with E-state index in [1.54, 1.807) is 0 Å². The Kier molecular flexibility index (Phi) is 1.11. The van der Waals surface area contributed by atoms with Crippen molar-refractivity contribution in [2.24, 2.45) is 5.10 Å². The Labute approximate surface area is 42.9 Å². The standard InChI is InChI=1S/C5H8N2/c1-2-5-3-4-6-7-5/h2,4-5,7H,1,3H2. The highest BCUT2D eigenvalue weighted by molar-refractivity contribution is 5.60. The van der Waals surface area contributed by atoms with Gasteiger partial charge in [-0.05, 0) is 0 Å². The van der Waals surface area contributed by atoms with Crippen molar-refractivity contribution in [3.8, 4) is 0 Å². The Hall–Kier alpha value is -0.790. The second-order valence-electron chi connectivity index (χ2n) is 1.52. The van der Waals surface area contributed by atoms with Crippen molar-refractivity contribution < 1.29 is 0 Å². The van der Waals surface area contributed by atoms with E-state index in [-0.39, 0.29) is 0 Å². The van der Waals surface area contributed by atoms with Gasteiger partial charge in [-0.2, -0.15) is 5.10 Å². The van der Waals surface area contributed by atoms with Gasteiger partial charge >= 0.3 is 0 Å². The van der Waals surface area contributed by atoms with Gasteiger partial charge in [0.1, 0.15) is 0 Å². The lowest BCUT2D eigenvalue weighted by atomic mass is 10.2. The lowest BCUT2D eigenvalue weighted by molar-refractivity contribution is 0.693. The third kappa shape index (κ3) is 0.796. The quantitative estimate of drug-likeness (QED) is 0.473. The van der Waals surface area contributed by atoms with E-state index in [1.807, 2.05) is 12.3 Å². The van der Waals surface area contributed by atoms with Crippen molar-refractivity contribution in [2.45, 2.75) is 12.5 Å². The lowest BCUT2D eigenvalue weighted by Crippen LogP contribution is -2.14. The van der Waals surface area contributed by atoms with E-state index in [9.17, 15) is 0 Å². The molecule has 1 atom stereocenters. The highest BCUT2D eigenvalue weighted by Gasteiger charge is 2.02. The molecule has 1 aliphatic heterocycles. The fourth-order valence-corrected chi connectivity index (χ4v) is 0.516. The maximum atomic E-state index is 3.79. The van der Waals surface area contributed by atoms with Crippen LogP contribution in [0.5, 0.6) is 0 Å². The molecular weight excluding hydrogens is 88.1 g/mol. The summed E-state index contributed by atoms with van der Waals surface area (Å²) >= 11 is 0. The van der Waals surface area contributed by atoms with Crippen molar-refractivity contribution in [3.63, 3.8) is 0 Å². The minimum absolute atomic E-state index is 0.389. The molecule has 1 unspecified atom stereocenters. The summed E-state index contributed by atoms with van der Waals surface area (Å²) in [7, 11) is 0. The zero-order valence-corrected chi connectivity index (χ0v) is 4.09. The molecule has 7 heavy (non-hydrogen) atoms. The molecule has 0 aliphatic carbocycles. The monoisotopic (exact) mass is 96.1 g/mol. The first-order valence-electron chi connectivity index (χ1n) is 2.33. The average Bonchev–Trinajstić information content (AvgIpc) is 2.14. The van der Waals surface area contributed by atoms with Gasteiger partial charge in [-0.25, -0.2) is 0 Å². The van der Waals surface area contributed by atoms with E-state index < -0.39 is 0 Å². The number of hydrogen-bond donors (Lipinski definition) is 1. The molecule has 38 valence electrons. The van der Waals surface area contributed by atoms with Crippen molar-refractivity contribution in [1.82, 2.24) is 5.43 Å². The largest absolute Gasteiger partial charge is 0.303 e. The van der Waals surface area contributed by atoms with Gasteiger partial charge in [0.2, 0.25) is 0 Å². The Morgan fingerprint density at radius 3 is 3.14 bits per heavy atom. The Morgan fingerprint density at radius 1 is 2.00 bits per heavy atom. The summed E-state index contributed by atoms with van der Waals surface area (Å²) in [5.74, 6) is 0. The van der Waals surface area contributed by atoms with Crippen molar-refractivity contribution in [2.75, 3.05) is 0 Å². The van der Waals surface area contributed by atoms with Crippen molar-refractivity contribution >= 4 is 6.21 Å². The van der Waals surface area contributed by atoms with Gasteiger partial charge in [0.25, 0.3) is 0 Å². The molecule has 2 nitrogen and oxygen atoms in total. The van der Waals surface area contributed by atoms with Gasteiger partial charge in [-0.15, -0.1) is 6.58 Å². The van der Waals surface area contributed by atoms with Crippen LogP contribution in [0.1, 0.15) is 6.42 Å². The van der Waals surface area contributed by atoms with E-state index in [1.165, 1.54) is 0 Å². The summed E-state index contributed by atoms with van der Waals surface area (Å²) in [4.78, 5) is 0. The summed E-state index contributed by atoms with van der Waals surface area (Å²) in [6.07, 6.45) is 4.70. The molecule has 0 saturated heterocycles.